The molecule has 0 rings (SSSR count). The first-order valence-corrected chi connectivity index (χ1v) is 4.91. The number of hydrogen-bond donors (Lipinski definition) is 1. The van der Waals surface area contributed by atoms with Crippen LogP contribution in [0.1, 0.15) is 27.2 Å². The summed E-state index contributed by atoms with van der Waals surface area (Å²) in [5.74, 6) is -1.31. The van der Waals surface area contributed by atoms with Gasteiger partial charge in [0.05, 0.1) is 0 Å². The van der Waals surface area contributed by atoms with Crippen molar-refractivity contribution in [1.29, 1.82) is 0 Å². The molecule has 15 heavy (non-hydrogen) atoms. The highest BCUT2D eigenvalue weighted by Gasteiger charge is 2.32. The molecule has 0 radical (unpaired) electrons. The van der Waals surface area contributed by atoms with Gasteiger partial charge in [0.2, 0.25) is 0 Å². The third-order valence-electron chi connectivity index (χ3n) is 2.13. The fourth-order valence-corrected chi connectivity index (χ4v) is 1.15. The van der Waals surface area contributed by atoms with Crippen LogP contribution in [0.25, 0.3) is 0 Å². The molecule has 88 valence electrons. The Morgan fingerprint density at radius 2 is 1.93 bits per heavy atom. The van der Waals surface area contributed by atoms with E-state index in [1.54, 1.807) is 13.8 Å². The first-order chi connectivity index (χ1) is 6.85. The van der Waals surface area contributed by atoms with Crippen LogP contribution in [0.4, 0.5) is 0 Å². The molecule has 0 saturated carbocycles. The van der Waals surface area contributed by atoms with Crippen molar-refractivity contribution in [2.24, 2.45) is 0 Å². The SMILES string of the molecule is CCCN(CC(=O)O)C(=O)C(C)(C)OC. The Kier molecular flexibility index (Phi) is 5.28. The fraction of sp³-hybridized carbons (Fsp3) is 0.800. The fourth-order valence-electron chi connectivity index (χ4n) is 1.15. The second-order valence-electron chi connectivity index (χ2n) is 3.83. The largest absolute Gasteiger partial charge is 0.480 e. The van der Waals surface area contributed by atoms with Crippen molar-refractivity contribution in [1.82, 2.24) is 4.90 Å². The van der Waals surface area contributed by atoms with Crippen molar-refractivity contribution in [3.8, 4) is 0 Å². The first kappa shape index (κ1) is 13.9. The number of carbonyl (C=O) groups excluding carboxylic acids is 1. The maximum absolute atomic E-state index is 11.9. The number of nitrogens with zero attached hydrogens (tertiary/aromatic N) is 1. The Hall–Kier alpha value is -1.10. The van der Waals surface area contributed by atoms with Crippen LogP contribution in [0.3, 0.4) is 0 Å². The van der Waals surface area contributed by atoms with Crippen LogP contribution < -0.4 is 0 Å². The van der Waals surface area contributed by atoms with Gasteiger partial charge in [0.1, 0.15) is 12.1 Å². The molecular formula is C10H19NO4. The third-order valence-corrected chi connectivity index (χ3v) is 2.13. The van der Waals surface area contributed by atoms with Gasteiger partial charge in [-0.2, -0.15) is 0 Å². The molecule has 5 nitrogen and oxygen atoms in total. The molecule has 0 spiro atoms. The summed E-state index contributed by atoms with van der Waals surface area (Å²) < 4.78 is 5.02. The lowest BCUT2D eigenvalue weighted by molar-refractivity contribution is -0.156. The molecule has 0 aromatic rings. The van der Waals surface area contributed by atoms with Gasteiger partial charge in [-0.3, -0.25) is 9.59 Å². The molecular weight excluding hydrogens is 198 g/mol. The summed E-state index contributed by atoms with van der Waals surface area (Å²) in [6.45, 7) is 5.29. The van der Waals surface area contributed by atoms with Crippen LogP contribution >= 0.6 is 0 Å². The van der Waals surface area contributed by atoms with Crippen molar-refractivity contribution >= 4 is 11.9 Å². The minimum absolute atomic E-state index is 0.278. The number of ether oxygens (including phenoxy) is 1. The van der Waals surface area contributed by atoms with E-state index in [0.29, 0.717) is 6.54 Å². The van der Waals surface area contributed by atoms with E-state index in [9.17, 15) is 9.59 Å². The van der Waals surface area contributed by atoms with Crippen molar-refractivity contribution in [2.45, 2.75) is 32.8 Å². The van der Waals surface area contributed by atoms with E-state index in [4.69, 9.17) is 9.84 Å². The molecule has 1 amide bonds. The summed E-state index contributed by atoms with van der Waals surface area (Å²) in [4.78, 5) is 23.7. The van der Waals surface area contributed by atoms with Crippen LogP contribution in [0.5, 0.6) is 0 Å². The highest BCUT2D eigenvalue weighted by atomic mass is 16.5. The third kappa shape index (κ3) is 4.29. The van der Waals surface area contributed by atoms with Crippen LogP contribution in [-0.4, -0.2) is 47.7 Å². The molecule has 5 heteroatoms. The smallest absolute Gasteiger partial charge is 0.323 e. The van der Waals surface area contributed by atoms with Crippen molar-refractivity contribution in [2.75, 3.05) is 20.2 Å². The molecule has 0 heterocycles. The molecule has 0 aliphatic heterocycles. The van der Waals surface area contributed by atoms with Gasteiger partial charge in [0.25, 0.3) is 5.91 Å². The predicted molar refractivity (Wildman–Crippen MR) is 55.6 cm³/mol. The lowest BCUT2D eigenvalue weighted by Gasteiger charge is -2.29. The summed E-state index contributed by atoms with van der Waals surface area (Å²) >= 11 is 0. The zero-order valence-corrected chi connectivity index (χ0v) is 9.74. The highest BCUT2D eigenvalue weighted by Crippen LogP contribution is 2.12. The predicted octanol–water partition coefficient (Wildman–Crippen LogP) is 0.735. The molecule has 0 aliphatic carbocycles. The Morgan fingerprint density at radius 3 is 2.27 bits per heavy atom. The summed E-state index contributed by atoms with van der Waals surface area (Å²) in [7, 11) is 1.43. The van der Waals surface area contributed by atoms with Crippen LogP contribution in [0.15, 0.2) is 0 Å². The number of hydrogen-bond acceptors (Lipinski definition) is 3. The standard InChI is InChI=1S/C10H19NO4/c1-5-6-11(7-8(12)13)9(14)10(2,3)15-4/h5-7H2,1-4H3,(H,12,13). The number of methoxy groups -OCH3 is 1. The molecule has 0 aliphatic rings. The van der Waals surface area contributed by atoms with E-state index in [2.05, 4.69) is 0 Å². The average molecular weight is 217 g/mol. The zero-order valence-electron chi connectivity index (χ0n) is 9.74. The average Bonchev–Trinajstić information content (AvgIpc) is 2.15. The van der Waals surface area contributed by atoms with E-state index in [0.717, 1.165) is 6.42 Å². The Labute approximate surface area is 90.0 Å². The summed E-state index contributed by atoms with van der Waals surface area (Å²) in [6, 6.07) is 0. The van der Waals surface area contributed by atoms with Gasteiger partial charge in [-0.25, -0.2) is 0 Å². The number of carbonyl (C=O) groups is 2. The van der Waals surface area contributed by atoms with Crippen molar-refractivity contribution in [3.63, 3.8) is 0 Å². The number of amides is 1. The van der Waals surface area contributed by atoms with Gasteiger partial charge < -0.3 is 14.7 Å². The van der Waals surface area contributed by atoms with Crippen molar-refractivity contribution in [3.05, 3.63) is 0 Å². The molecule has 0 fully saturated rings. The number of carboxylic acids is 1. The van der Waals surface area contributed by atoms with Gasteiger partial charge >= 0.3 is 5.97 Å². The van der Waals surface area contributed by atoms with E-state index in [-0.39, 0.29) is 12.5 Å². The Morgan fingerprint density at radius 1 is 1.40 bits per heavy atom. The van der Waals surface area contributed by atoms with Gasteiger partial charge in [-0.1, -0.05) is 6.92 Å². The lowest BCUT2D eigenvalue weighted by atomic mass is 10.1. The minimum atomic E-state index is -1.01. The minimum Gasteiger partial charge on any atom is -0.480 e. The van der Waals surface area contributed by atoms with E-state index in [1.165, 1.54) is 12.0 Å². The lowest BCUT2D eigenvalue weighted by Crippen LogP contribution is -2.48. The maximum Gasteiger partial charge on any atom is 0.323 e. The molecule has 0 bridgehead atoms. The second-order valence-corrected chi connectivity index (χ2v) is 3.83. The van der Waals surface area contributed by atoms with E-state index >= 15 is 0 Å². The zero-order chi connectivity index (χ0) is 12.1. The van der Waals surface area contributed by atoms with Crippen LogP contribution in [0.2, 0.25) is 0 Å². The van der Waals surface area contributed by atoms with Crippen molar-refractivity contribution < 1.29 is 19.4 Å². The topological polar surface area (TPSA) is 66.8 Å². The van der Waals surface area contributed by atoms with Gasteiger partial charge in [0, 0.05) is 13.7 Å². The van der Waals surface area contributed by atoms with Gasteiger partial charge in [-0.05, 0) is 20.3 Å². The maximum atomic E-state index is 11.9. The quantitative estimate of drug-likeness (QED) is 0.712. The second kappa shape index (κ2) is 5.70. The molecule has 0 unspecified atom stereocenters. The molecule has 0 aromatic carbocycles. The summed E-state index contributed by atoms with van der Waals surface area (Å²) in [6.07, 6.45) is 0.721. The van der Waals surface area contributed by atoms with Crippen LogP contribution in [-0.2, 0) is 14.3 Å². The summed E-state index contributed by atoms with van der Waals surface area (Å²) in [5.41, 5.74) is -0.968. The Balaban J connectivity index is 4.61. The monoisotopic (exact) mass is 217 g/mol. The molecule has 0 saturated heterocycles. The van der Waals surface area contributed by atoms with E-state index < -0.39 is 11.6 Å². The molecule has 1 N–H and O–H groups in total. The van der Waals surface area contributed by atoms with Gasteiger partial charge in [0.15, 0.2) is 0 Å². The summed E-state index contributed by atoms with van der Waals surface area (Å²) in [5, 5.41) is 8.66. The van der Waals surface area contributed by atoms with Gasteiger partial charge in [-0.15, -0.1) is 0 Å². The first-order valence-electron chi connectivity index (χ1n) is 4.91. The van der Waals surface area contributed by atoms with E-state index in [1.807, 2.05) is 6.92 Å². The number of aliphatic carboxylic acids is 1. The molecule has 0 aromatic heterocycles. The normalized spacial score (nSPS) is 11.2. The number of rotatable bonds is 6. The van der Waals surface area contributed by atoms with Crippen LogP contribution in [0, 0.1) is 0 Å². The highest BCUT2D eigenvalue weighted by molar-refractivity contribution is 5.87. The molecule has 0 atom stereocenters. The number of carboxylic acid groups (broad SMARTS) is 1. The Bertz CT molecular complexity index is 238.